The van der Waals surface area contributed by atoms with Crippen LogP contribution in [0.3, 0.4) is 0 Å². The van der Waals surface area contributed by atoms with Crippen LogP contribution in [0.25, 0.3) is 22.2 Å². The second-order valence-corrected chi connectivity index (χ2v) is 4.25. The highest BCUT2D eigenvalue weighted by atomic mass is 16.4. The van der Waals surface area contributed by atoms with E-state index in [9.17, 15) is 4.79 Å². The van der Waals surface area contributed by atoms with Gasteiger partial charge in [0.2, 0.25) is 0 Å². The molecule has 94 valence electrons. The molecule has 2 heterocycles. The van der Waals surface area contributed by atoms with Gasteiger partial charge >= 0.3 is 5.97 Å². The van der Waals surface area contributed by atoms with E-state index in [-0.39, 0.29) is 5.69 Å². The lowest BCUT2D eigenvalue weighted by molar-refractivity contribution is 0.0689. The van der Waals surface area contributed by atoms with Crippen molar-refractivity contribution < 1.29 is 9.90 Å². The van der Waals surface area contributed by atoms with E-state index >= 15 is 0 Å². The third-order valence-corrected chi connectivity index (χ3v) is 3.00. The number of carboxylic acids is 1. The molecule has 0 amide bonds. The van der Waals surface area contributed by atoms with E-state index < -0.39 is 5.97 Å². The normalized spacial score (nSPS) is 10.8. The van der Waals surface area contributed by atoms with E-state index in [1.807, 2.05) is 30.3 Å². The highest BCUT2D eigenvalue weighted by molar-refractivity contribution is 5.88. The van der Waals surface area contributed by atoms with Crippen LogP contribution in [0.1, 0.15) is 10.5 Å². The molecule has 3 rings (SSSR count). The van der Waals surface area contributed by atoms with Crippen LogP contribution in [0.5, 0.6) is 0 Å². The quantitative estimate of drug-likeness (QED) is 0.761. The first-order chi connectivity index (χ1) is 9.15. The third kappa shape index (κ3) is 1.95. The highest BCUT2D eigenvalue weighted by Gasteiger charge is 2.12. The lowest BCUT2D eigenvalue weighted by Gasteiger charge is -2.03. The van der Waals surface area contributed by atoms with Crippen LogP contribution in [0.4, 0.5) is 0 Å². The first-order valence-corrected chi connectivity index (χ1v) is 5.77. The molecule has 0 saturated carbocycles. The maximum absolute atomic E-state index is 10.9. The van der Waals surface area contributed by atoms with Crippen molar-refractivity contribution in [3.05, 3.63) is 48.3 Å². The molecule has 0 atom stereocenters. The molecule has 0 saturated heterocycles. The van der Waals surface area contributed by atoms with E-state index in [1.165, 1.54) is 0 Å². The monoisotopic (exact) mass is 253 g/mol. The number of aromatic nitrogens is 3. The minimum atomic E-state index is -1.02. The number of benzene rings is 1. The van der Waals surface area contributed by atoms with Gasteiger partial charge in [-0.1, -0.05) is 12.1 Å². The summed E-state index contributed by atoms with van der Waals surface area (Å²) in [7, 11) is 1.73. The standard InChI is InChI=1S/C14H11N3O2/c1-17-13(8-12(16-17)14(18)19)10-4-5-11-9(7-10)3-2-6-15-11/h2-8H,1H3,(H,18,19). The molecular weight excluding hydrogens is 242 g/mol. The van der Waals surface area contributed by atoms with Crippen molar-refractivity contribution in [3.8, 4) is 11.3 Å². The summed E-state index contributed by atoms with van der Waals surface area (Å²) < 4.78 is 1.57. The van der Waals surface area contributed by atoms with Gasteiger partial charge < -0.3 is 5.11 Å². The maximum Gasteiger partial charge on any atom is 0.356 e. The highest BCUT2D eigenvalue weighted by Crippen LogP contribution is 2.23. The van der Waals surface area contributed by atoms with Crippen molar-refractivity contribution in [2.75, 3.05) is 0 Å². The van der Waals surface area contributed by atoms with Crippen molar-refractivity contribution in [3.63, 3.8) is 0 Å². The van der Waals surface area contributed by atoms with Crippen LogP contribution in [0.15, 0.2) is 42.6 Å². The van der Waals surface area contributed by atoms with Crippen molar-refractivity contribution in [1.82, 2.24) is 14.8 Å². The zero-order valence-electron chi connectivity index (χ0n) is 10.2. The van der Waals surface area contributed by atoms with Crippen LogP contribution in [0, 0.1) is 0 Å². The zero-order valence-corrected chi connectivity index (χ0v) is 10.2. The molecule has 0 spiro atoms. The molecular formula is C14H11N3O2. The third-order valence-electron chi connectivity index (χ3n) is 3.00. The second kappa shape index (κ2) is 4.20. The van der Waals surface area contributed by atoms with Crippen LogP contribution in [-0.2, 0) is 7.05 Å². The molecule has 19 heavy (non-hydrogen) atoms. The molecule has 0 bridgehead atoms. The molecule has 0 fully saturated rings. The predicted octanol–water partition coefficient (Wildman–Crippen LogP) is 2.33. The second-order valence-electron chi connectivity index (χ2n) is 4.25. The summed E-state index contributed by atoms with van der Waals surface area (Å²) in [5.74, 6) is -1.02. The number of fused-ring (bicyclic) bond motifs is 1. The van der Waals surface area contributed by atoms with Crippen LogP contribution < -0.4 is 0 Å². The van der Waals surface area contributed by atoms with Crippen LogP contribution >= 0.6 is 0 Å². The molecule has 5 heteroatoms. The van der Waals surface area contributed by atoms with Gasteiger partial charge in [-0.3, -0.25) is 9.67 Å². The van der Waals surface area contributed by atoms with Crippen molar-refractivity contribution >= 4 is 16.9 Å². The fourth-order valence-corrected chi connectivity index (χ4v) is 2.08. The smallest absolute Gasteiger partial charge is 0.356 e. The molecule has 0 radical (unpaired) electrons. The maximum atomic E-state index is 10.9. The zero-order chi connectivity index (χ0) is 13.4. The average Bonchev–Trinajstić information content (AvgIpc) is 2.80. The van der Waals surface area contributed by atoms with Gasteiger partial charge in [-0.05, 0) is 24.3 Å². The average molecular weight is 253 g/mol. The van der Waals surface area contributed by atoms with Gasteiger partial charge in [-0.25, -0.2) is 4.79 Å². The minimum absolute atomic E-state index is 0.0452. The van der Waals surface area contributed by atoms with Gasteiger partial charge in [0.15, 0.2) is 5.69 Å². The molecule has 2 aromatic heterocycles. The number of aryl methyl sites for hydroxylation is 1. The Morgan fingerprint density at radius 2 is 2.11 bits per heavy atom. The fourth-order valence-electron chi connectivity index (χ4n) is 2.08. The summed E-state index contributed by atoms with van der Waals surface area (Å²) >= 11 is 0. The van der Waals surface area contributed by atoms with Crippen molar-refractivity contribution in [2.24, 2.45) is 7.05 Å². The molecule has 0 aliphatic carbocycles. The van der Waals surface area contributed by atoms with Crippen molar-refractivity contribution in [1.29, 1.82) is 0 Å². The van der Waals surface area contributed by atoms with Gasteiger partial charge in [0.1, 0.15) is 0 Å². The summed E-state index contributed by atoms with van der Waals surface area (Å²) in [5, 5.41) is 13.9. The van der Waals surface area contributed by atoms with E-state index in [0.717, 1.165) is 22.2 Å². The van der Waals surface area contributed by atoms with Gasteiger partial charge in [0.25, 0.3) is 0 Å². The van der Waals surface area contributed by atoms with Gasteiger partial charge in [-0.15, -0.1) is 0 Å². The molecule has 1 N–H and O–H groups in total. The van der Waals surface area contributed by atoms with E-state index in [0.29, 0.717) is 0 Å². The molecule has 0 unspecified atom stereocenters. The minimum Gasteiger partial charge on any atom is -0.476 e. The Morgan fingerprint density at radius 1 is 1.26 bits per heavy atom. The van der Waals surface area contributed by atoms with Gasteiger partial charge in [0, 0.05) is 24.2 Å². The Morgan fingerprint density at radius 3 is 2.84 bits per heavy atom. The number of aromatic carboxylic acids is 1. The van der Waals surface area contributed by atoms with Gasteiger partial charge in [-0.2, -0.15) is 5.10 Å². The number of pyridine rings is 1. The Balaban J connectivity index is 2.16. The molecule has 5 nitrogen and oxygen atoms in total. The Bertz CT molecular complexity index is 777. The number of carbonyl (C=O) groups is 1. The predicted molar refractivity (Wildman–Crippen MR) is 70.9 cm³/mol. The number of rotatable bonds is 2. The number of carboxylic acid groups (broad SMARTS) is 1. The number of hydrogen-bond acceptors (Lipinski definition) is 3. The lowest BCUT2D eigenvalue weighted by atomic mass is 10.1. The first kappa shape index (κ1) is 11.4. The molecule has 3 aromatic rings. The molecule has 1 aromatic carbocycles. The largest absolute Gasteiger partial charge is 0.476 e. The molecule has 0 aliphatic rings. The molecule has 0 aliphatic heterocycles. The van der Waals surface area contributed by atoms with E-state index in [2.05, 4.69) is 10.1 Å². The summed E-state index contributed by atoms with van der Waals surface area (Å²) in [6.45, 7) is 0. The first-order valence-electron chi connectivity index (χ1n) is 5.77. The van der Waals surface area contributed by atoms with Crippen LogP contribution in [0.2, 0.25) is 0 Å². The summed E-state index contributed by atoms with van der Waals surface area (Å²) in [6.07, 6.45) is 1.74. The summed E-state index contributed by atoms with van der Waals surface area (Å²) in [6, 6.07) is 11.2. The number of hydrogen-bond donors (Lipinski definition) is 1. The summed E-state index contributed by atoms with van der Waals surface area (Å²) in [4.78, 5) is 15.2. The Kier molecular flexibility index (Phi) is 2.52. The fraction of sp³-hybridized carbons (Fsp3) is 0.0714. The van der Waals surface area contributed by atoms with Crippen LogP contribution in [-0.4, -0.2) is 25.8 Å². The number of nitrogens with zero attached hydrogens (tertiary/aromatic N) is 3. The SMILES string of the molecule is Cn1nc(C(=O)O)cc1-c1ccc2ncccc2c1. The Hall–Kier alpha value is -2.69. The Labute approximate surface area is 109 Å². The van der Waals surface area contributed by atoms with Gasteiger partial charge in [0.05, 0.1) is 11.2 Å². The van der Waals surface area contributed by atoms with E-state index in [1.54, 1.807) is 24.0 Å². The summed E-state index contributed by atoms with van der Waals surface area (Å²) in [5.41, 5.74) is 2.64. The van der Waals surface area contributed by atoms with Crippen molar-refractivity contribution in [2.45, 2.75) is 0 Å². The van der Waals surface area contributed by atoms with E-state index in [4.69, 9.17) is 5.11 Å². The lowest BCUT2D eigenvalue weighted by Crippen LogP contribution is -1.99. The topological polar surface area (TPSA) is 68.0 Å².